The van der Waals surface area contributed by atoms with Crippen LogP contribution in [0.2, 0.25) is 0 Å². The van der Waals surface area contributed by atoms with E-state index in [2.05, 4.69) is 36.8 Å². The van der Waals surface area contributed by atoms with E-state index >= 15 is 0 Å². The lowest BCUT2D eigenvalue weighted by atomic mass is 10.1. The van der Waals surface area contributed by atoms with Crippen LogP contribution in [0.15, 0.2) is 33.3 Å². The molecule has 0 saturated heterocycles. The van der Waals surface area contributed by atoms with E-state index in [-0.39, 0.29) is 5.88 Å². The fourth-order valence-corrected chi connectivity index (χ4v) is 2.09. The lowest BCUT2D eigenvalue weighted by Gasteiger charge is -2.09. The zero-order valence-electron chi connectivity index (χ0n) is 9.80. The minimum absolute atomic E-state index is 0.0284. The van der Waals surface area contributed by atoms with Crippen molar-refractivity contribution in [2.45, 2.75) is 13.8 Å². The smallest absolute Gasteiger partial charge is 0.255 e. The van der Waals surface area contributed by atoms with Crippen molar-refractivity contribution in [3.05, 3.63) is 50.3 Å². The van der Waals surface area contributed by atoms with Gasteiger partial charge in [-0.2, -0.15) is 0 Å². The van der Waals surface area contributed by atoms with Crippen LogP contribution < -0.4 is 4.74 Å². The summed E-state index contributed by atoms with van der Waals surface area (Å²) in [6, 6.07) is 4.99. The Kier molecular flexibility index (Phi) is 4.02. The molecule has 1 aromatic carbocycles. The van der Waals surface area contributed by atoms with Crippen molar-refractivity contribution in [3.63, 3.8) is 0 Å². The van der Waals surface area contributed by atoms with Crippen LogP contribution in [0.4, 0.5) is 4.39 Å². The summed E-state index contributed by atoms with van der Waals surface area (Å²) in [7, 11) is 0. The van der Waals surface area contributed by atoms with Crippen LogP contribution in [-0.4, -0.2) is 4.98 Å². The first kappa shape index (κ1) is 13.5. The molecule has 0 N–H and O–H groups in total. The van der Waals surface area contributed by atoms with Crippen LogP contribution >= 0.6 is 31.9 Å². The Morgan fingerprint density at radius 2 is 1.72 bits per heavy atom. The molecule has 2 rings (SSSR count). The van der Waals surface area contributed by atoms with Gasteiger partial charge in [0.25, 0.3) is 5.88 Å². The van der Waals surface area contributed by atoms with E-state index in [0.717, 1.165) is 15.6 Å². The number of hydrogen-bond donors (Lipinski definition) is 0. The highest BCUT2D eigenvalue weighted by molar-refractivity contribution is 9.10. The number of halogens is 3. The normalized spacial score (nSPS) is 10.5. The number of aryl methyl sites for hydroxylation is 2. The zero-order valence-corrected chi connectivity index (χ0v) is 13.0. The fraction of sp³-hybridized carbons (Fsp3) is 0.154. The predicted molar refractivity (Wildman–Crippen MR) is 75.6 cm³/mol. The van der Waals surface area contributed by atoms with Crippen LogP contribution in [0.1, 0.15) is 11.1 Å². The van der Waals surface area contributed by atoms with Crippen LogP contribution in [0.3, 0.4) is 0 Å². The molecule has 0 bridgehead atoms. The maximum absolute atomic E-state index is 13.6. The van der Waals surface area contributed by atoms with E-state index in [1.807, 2.05) is 26.0 Å². The number of nitrogens with zero attached hydrogens (tertiary/aromatic N) is 1. The molecular weight excluding hydrogens is 365 g/mol. The fourth-order valence-electron chi connectivity index (χ4n) is 1.55. The summed E-state index contributed by atoms with van der Waals surface area (Å²) in [5, 5.41) is 0. The van der Waals surface area contributed by atoms with Gasteiger partial charge in [0, 0.05) is 15.1 Å². The van der Waals surface area contributed by atoms with Crippen LogP contribution in [-0.2, 0) is 0 Å². The topological polar surface area (TPSA) is 22.1 Å². The van der Waals surface area contributed by atoms with E-state index < -0.39 is 5.82 Å². The highest BCUT2D eigenvalue weighted by Crippen LogP contribution is 2.30. The molecule has 0 spiro atoms. The summed E-state index contributed by atoms with van der Waals surface area (Å²) >= 11 is 6.62. The standard InChI is InChI=1S/C13H10Br2FNO/c1-7-3-10(4-8(2)12(7)15)18-13-11(16)5-9(14)6-17-13/h3-6H,1-2H3. The maximum Gasteiger partial charge on any atom is 0.255 e. The molecule has 0 aliphatic heterocycles. The summed E-state index contributed by atoms with van der Waals surface area (Å²) in [6.45, 7) is 3.91. The lowest BCUT2D eigenvalue weighted by molar-refractivity contribution is 0.421. The highest BCUT2D eigenvalue weighted by Gasteiger charge is 2.09. The van der Waals surface area contributed by atoms with Gasteiger partial charge in [-0.3, -0.25) is 0 Å². The van der Waals surface area contributed by atoms with Gasteiger partial charge >= 0.3 is 0 Å². The van der Waals surface area contributed by atoms with E-state index in [0.29, 0.717) is 10.2 Å². The predicted octanol–water partition coefficient (Wildman–Crippen LogP) is 5.15. The summed E-state index contributed by atoms with van der Waals surface area (Å²) < 4.78 is 20.6. The molecule has 0 saturated carbocycles. The Hall–Kier alpha value is -0.940. The Bertz CT molecular complexity index is 579. The second kappa shape index (κ2) is 5.36. The molecule has 1 heterocycles. The largest absolute Gasteiger partial charge is 0.436 e. The minimum atomic E-state index is -0.498. The quantitative estimate of drug-likeness (QED) is 0.724. The molecule has 1 aromatic heterocycles. The molecule has 94 valence electrons. The number of pyridine rings is 1. The van der Waals surface area contributed by atoms with E-state index in [9.17, 15) is 4.39 Å². The Labute approximate surface area is 121 Å². The van der Waals surface area contributed by atoms with Gasteiger partial charge in [-0.25, -0.2) is 9.37 Å². The molecule has 0 amide bonds. The Balaban J connectivity index is 2.34. The molecule has 18 heavy (non-hydrogen) atoms. The monoisotopic (exact) mass is 373 g/mol. The second-order valence-electron chi connectivity index (χ2n) is 3.91. The van der Waals surface area contributed by atoms with Crippen LogP contribution in [0.5, 0.6) is 11.6 Å². The molecule has 0 atom stereocenters. The number of hydrogen-bond acceptors (Lipinski definition) is 2. The minimum Gasteiger partial charge on any atom is -0.436 e. The van der Waals surface area contributed by atoms with Gasteiger partial charge in [-0.15, -0.1) is 0 Å². The van der Waals surface area contributed by atoms with Crippen molar-refractivity contribution in [1.82, 2.24) is 4.98 Å². The van der Waals surface area contributed by atoms with Gasteiger partial charge in [0.1, 0.15) is 5.75 Å². The van der Waals surface area contributed by atoms with Crippen molar-refractivity contribution in [2.24, 2.45) is 0 Å². The third kappa shape index (κ3) is 2.90. The van der Waals surface area contributed by atoms with E-state index in [1.54, 1.807) is 0 Å². The summed E-state index contributed by atoms with van der Waals surface area (Å²) in [6.07, 6.45) is 1.50. The molecule has 0 fully saturated rings. The van der Waals surface area contributed by atoms with Crippen molar-refractivity contribution in [3.8, 4) is 11.6 Å². The summed E-state index contributed by atoms with van der Waals surface area (Å²) in [5.74, 6) is 0.0452. The number of aromatic nitrogens is 1. The van der Waals surface area contributed by atoms with Gasteiger partial charge in [0.2, 0.25) is 0 Å². The van der Waals surface area contributed by atoms with Gasteiger partial charge in [0.15, 0.2) is 5.82 Å². The van der Waals surface area contributed by atoms with E-state index in [1.165, 1.54) is 12.3 Å². The van der Waals surface area contributed by atoms with Crippen molar-refractivity contribution >= 4 is 31.9 Å². The van der Waals surface area contributed by atoms with Gasteiger partial charge in [-0.1, -0.05) is 15.9 Å². The number of ether oxygens (including phenoxy) is 1. The van der Waals surface area contributed by atoms with Crippen molar-refractivity contribution in [1.29, 1.82) is 0 Å². The molecule has 0 unspecified atom stereocenters. The highest BCUT2D eigenvalue weighted by atomic mass is 79.9. The molecule has 0 aliphatic carbocycles. The van der Waals surface area contributed by atoms with Crippen molar-refractivity contribution in [2.75, 3.05) is 0 Å². The third-order valence-electron chi connectivity index (χ3n) is 2.40. The lowest BCUT2D eigenvalue weighted by Crippen LogP contribution is -1.93. The van der Waals surface area contributed by atoms with Crippen LogP contribution in [0.25, 0.3) is 0 Å². The van der Waals surface area contributed by atoms with Gasteiger partial charge in [0.05, 0.1) is 0 Å². The first-order chi connectivity index (χ1) is 8.47. The number of benzene rings is 1. The maximum atomic E-state index is 13.6. The molecule has 2 aromatic rings. The average molecular weight is 375 g/mol. The number of rotatable bonds is 2. The molecular formula is C13H10Br2FNO. The van der Waals surface area contributed by atoms with Gasteiger partial charge < -0.3 is 4.74 Å². The molecule has 0 aliphatic rings. The second-order valence-corrected chi connectivity index (χ2v) is 5.62. The first-order valence-corrected chi connectivity index (χ1v) is 6.81. The van der Waals surface area contributed by atoms with Gasteiger partial charge in [-0.05, 0) is 59.1 Å². The Morgan fingerprint density at radius 1 is 1.11 bits per heavy atom. The molecule has 0 radical (unpaired) electrons. The molecule has 2 nitrogen and oxygen atoms in total. The first-order valence-electron chi connectivity index (χ1n) is 5.23. The Morgan fingerprint density at radius 3 is 2.28 bits per heavy atom. The SMILES string of the molecule is Cc1cc(Oc2ncc(Br)cc2F)cc(C)c1Br. The van der Waals surface area contributed by atoms with Crippen molar-refractivity contribution < 1.29 is 9.13 Å². The van der Waals surface area contributed by atoms with E-state index in [4.69, 9.17) is 4.74 Å². The molecule has 5 heteroatoms. The third-order valence-corrected chi connectivity index (χ3v) is 4.08. The zero-order chi connectivity index (χ0) is 13.3. The average Bonchev–Trinajstić information content (AvgIpc) is 2.29. The van der Waals surface area contributed by atoms with Crippen LogP contribution in [0, 0.1) is 19.7 Å². The summed E-state index contributed by atoms with van der Waals surface area (Å²) in [5.41, 5.74) is 2.06. The summed E-state index contributed by atoms with van der Waals surface area (Å²) in [4.78, 5) is 3.90.